The molecular formula is C43H54N4O4. The summed E-state index contributed by atoms with van der Waals surface area (Å²) < 4.78 is 6.11. The number of nitriles is 1. The Kier molecular flexibility index (Phi) is 11.2. The molecular weight excluding hydrogens is 636 g/mol. The molecule has 0 aromatic heterocycles. The Morgan fingerprint density at radius 1 is 0.902 bits per heavy atom. The second-order valence-electron chi connectivity index (χ2n) is 15.8. The average molecular weight is 691 g/mol. The molecule has 1 saturated carbocycles. The number of amides is 2. The minimum Gasteiger partial charge on any atom is -0.462 e. The van der Waals surface area contributed by atoms with Gasteiger partial charge < -0.3 is 20.5 Å². The Hall–Kier alpha value is -4.19. The number of urea groups is 1. The highest BCUT2D eigenvalue weighted by Crippen LogP contribution is 2.51. The van der Waals surface area contributed by atoms with E-state index in [-0.39, 0.29) is 41.8 Å². The van der Waals surface area contributed by atoms with E-state index in [2.05, 4.69) is 35.5 Å². The van der Waals surface area contributed by atoms with E-state index in [9.17, 15) is 20.0 Å². The van der Waals surface area contributed by atoms with Crippen molar-refractivity contribution >= 4 is 12.0 Å². The molecule has 2 heterocycles. The lowest BCUT2D eigenvalue weighted by atomic mass is 9.70. The van der Waals surface area contributed by atoms with Crippen LogP contribution in [0.25, 0.3) is 0 Å². The topological polar surface area (TPSA) is 115 Å². The summed E-state index contributed by atoms with van der Waals surface area (Å²) >= 11 is 0. The number of hydrogen-bond acceptors (Lipinski definition) is 6. The second-order valence-corrected chi connectivity index (χ2v) is 15.8. The molecule has 4 atom stereocenters. The van der Waals surface area contributed by atoms with Crippen LogP contribution in [0.5, 0.6) is 0 Å². The van der Waals surface area contributed by atoms with E-state index in [1.54, 1.807) is 0 Å². The lowest BCUT2D eigenvalue weighted by molar-refractivity contribution is -0.160. The van der Waals surface area contributed by atoms with Crippen LogP contribution in [0.1, 0.15) is 101 Å². The Balaban J connectivity index is 0.991. The molecule has 6 rings (SSSR count). The van der Waals surface area contributed by atoms with Gasteiger partial charge in [-0.1, -0.05) is 91.0 Å². The number of aliphatic hydroxyl groups is 1. The summed E-state index contributed by atoms with van der Waals surface area (Å²) in [6, 6.07) is 30.8. The number of benzene rings is 3. The van der Waals surface area contributed by atoms with Crippen LogP contribution in [-0.4, -0.2) is 64.4 Å². The van der Waals surface area contributed by atoms with Crippen molar-refractivity contribution in [2.24, 2.45) is 5.92 Å². The lowest BCUT2D eigenvalue weighted by Gasteiger charge is -2.51. The monoisotopic (exact) mass is 690 g/mol. The highest BCUT2D eigenvalue weighted by molar-refractivity contribution is 5.78. The van der Waals surface area contributed by atoms with Gasteiger partial charge in [-0.15, -0.1) is 0 Å². The van der Waals surface area contributed by atoms with E-state index in [1.165, 1.54) is 0 Å². The highest BCUT2D eigenvalue weighted by Gasteiger charge is 2.56. The van der Waals surface area contributed by atoms with Crippen LogP contribution in [-0.2, 0) is 14.9 Å². The normalized spacial score (nSPS) is 27.5. The Morgan fingerprint density at radius 2 is 1.43 bits per heavy atom. The first-order valence-corrected chi connectivity index (χ1v) is 18.8. The third-order valence-electron chi connectivity index (χ3n) is 12.4. The summed E-state index contributed by atoms with van der Waals surface area (Å²) in [5, 5.41) is 27.0. The average Bonchev–Trinajstić information content (AvgIpc) is 3.29. The van der Waals surface area contributed by atoms with Gasteiger partial charge in [0.15, 0.2) is 0 Å². The third kappa shape index (κ3) is 7.71. The fraction of sp³-hybridized carbons (Fsp3) is 0.512. The SMILES string of the molecule is C[C@H](NC(=O)NC1CCC(CCN2[C@@]3(C)CC[C@@]2(C)CC(OC(=O)C(CO)c2ccccc2)C3)CC1)C(C#N)(c1ccccc1)c1ccccc1. The molecule has 3 aromatic rings. The zero-order chi connectivity index (χ0) is 36.1. The Morgan fingerprint density at radius 3 is 1.94 bits per heavy atom. The van der Waals surface area contributed by atoms with Crippen LogP contribution in [0.2, 0.25) is 0 Å². The van der Waals surface area contributed by atoms with Crippen molar-refractivity contribution in [3.8, 4) is 6.07 Å². The molecule has 1 aliphatic carbocycles. The number of nitrogens with zero attached hydrogens (tertiary/aromatic N) is 2. The standard InChI is InChI=1S/C43H54N4O4/c1-31(43(30-44,34-15-9-5-10-16-34)35-17-11-6-12-18-35)45-40(50)46-36-21-19-32(20-22-36)23-26-47-41(2)24-25-42(47,3)28-37(27-41)51-39(49)38(29-48)33-13-7-4-8-14-33/h4-18,31-32,36-38,48H,19-29H2,1-3H3,(H2,45,46,50)/t31-,32?,36?,38?,41-,42-/m0/s1. The number of hydrogen-bond donors (Lipinski definition) is 3. The number of carbonyl (C=O) groups excluding carboxylic acids is 2. The first-order valence-electron chi connectivity index (χ1n) is 18.8. The molecule has 2 bridgehead atoms. The molecule has 51 heavy (non-hydrogen) atoms. The summed E-state index contributed by atoms with van der Waals surface area (Å²) in [4.78, 5) is 29.2. The molecule has 1 unspecified atom stereocenters. The van der Waals surface area contributed by atoms with Crippen molar-refractivity contribution in [1.82, 2.24) is 15.5 Å². The highest BCUT2D eigenvalue weighted by atomic mass is 16.5. The second kappa shape index (κ2) is 15.6. The Labute approximate surface area is 303 Å². The number of ether oxygens (including phenoxy) is 1. The van der Waals surface area contributed by atoms with Crippen LogP contribution < -0.4 is 10.6 Å². The van der Waals surface area contributed by atoms with Gasteiger partial charge in [-0.3, -0.25) is 9.69 Å². The van der Waals surface area contributed by atoms with Gasteiger partial charge in [-0.2, -0.15) is 5.26 Å². The molecule has 270 valence electrons. The van der Waals surface area contributed by atoms with E-state index in [0.29, 0.717) is 5.92 Å². The third-order valence-corrected chi connectivity index (χ3v) is 12.4. The zero-order valence-electron chi connectivity index (χ0n) is 30.4. The molecule has 8 heteroatoms. The molecule has 3 fully saturated rings. The van der Waals surface area contributed by atoms with Crippen molar-refractivity contribution in [1.29, 1.82) is 5.26 Å². The lowest BCUT2D eigenvalue weighted by Crippen LogP contribution is -2.59. The molecule has 3 aromatic carbocycles. The van der Waals surface area contributed by atoms with Gasteiger partial charge >= 0.3 is 12.0 Å². The summed E-state index contributed by atoms with van der Waals surface area (Å²) in [5.74, 6) is -0.388. The van der Waals surface area contributed by atoms with Crippen LogP contribution in [0.15, 0.2) is 91.0 Å². The van der Waals surface area contributed by atoms with Crippen molar-refractivity contribution in [2.75, 3.05) is 13.2 Å². The fourth-order valence-electron chi connectivity index (χ4n) is 9.54. The first kappa shape index (κ1) is 36.6. The van der Waals surface area contributed by atoms with Gasteiger partial charge in [0, 0.05) is 30.0 Å². The van der Waals surface area contributed by atoms with E-state index in [1.807, 2.05) is 97.9 Å². The zero-order valence-corrected chi connectivity index (χ0v) is 30.4. The summed E-state index contributed by atoms with van der Waals surface area (Å²) in [5.41, 5.74) is 1.43. The van der Waals surface area contributed by atoms with Crippen molar-refractivity contribution in [2.45, 2.75) is 119 Å². The van der Waals surface area contributed by atoms with E-state index < -0.39 is 17.4 Å². The van der Waals surface area contributed by atoms with Gasteiger partial charge in [-0.05, 0) is 94.9 Å². The largest absolute Gasteiger partial charge is 0.462 e. The maximum absolute atomic E-state index is 13.3. The smallest absolute Gasteiger partial charge is 0.316 e. The number of rotatable bonds is 12. The number of esters is 1. The van der Waals surface area contributed by atoms with Crippen LogP contribution in [0.4, 0.5) is 4.79 Å². The maximum Gasteiger partial charge on any atom is 0.316 e. The van der Waals surface area contributed by atoms with Crippen LogP contribution >= 0.6 is 0 Å². The van der Waals surface area contributed by atoms with Gasteiger partial charge in [-0.25, -0.2) is 4.79 Å². The molecule has 8 nitrogen and oxygen atoms in total. The van der Waals surface area contributed by atoms with Gasteiger partial charge in [0.25, 0.3) is 0 Å². The van der Waals surface area contributed by atoms with Crippen LogP contribution in [0, 0.1) is 17.2 Å². The van der Waals surface area contributed by atoms with E-state index in [0.717, 1.165) is 81.0 Å². The Bertz CT molecular complexity index is 1600. The molecule has 0 radical (unpaired) electrons. The summed E-state index contributed by atoms with van der Waals surface area (Å²) in [6.45, 7) is 7.33. The number of fused-ring (bicyclic) bond motifs is 2. The maximum atomic E-state index is 13.3. The van der Waals surface area contributed by atoms with Gasteiger partial charge in [0.1, 0.15) is 17.4 Å². The quantitative estimate of drug-likeness (QED) is 0.173. The molecule has 0 spiro atoms. The predicted molar refractivity (Wildman–Crippen MR) is 199 cm³/mol. The number of piperidine rings is 1. The van der Waals surface area contributed by atoms with Crippen molar-refractivity contribution in [3.63, 3.8) is 0 Å². The van der Waals surface area contributed by atoms with Gasteiger partial charge in [0.2, 0.25) is 0 Å². The summed E-state index contributed by atoms with van der Waals surface area (Å²) in [7, 11) is 0. The van der Waals surface area contributed by atoms with Gasteiger partial charge in [0.05, 0.1) is 18.7 Å². The minimum absolute atomic E-state index is 0.0227. The predicted octanol–water partition coefficient (Wildman–Crippen LogP) is 7.23. The molecule has 3 N–H and O–H groups in total. The van der Waals surface area contributed by atoms with Crippen molar-refractivity contribution in [3.05, 3.63) is 108 Å². The number of aliphatic hydroxyl groups excluding tert-OH is 1. The number of nitrogens with one attached hydrogen (secondary N) is 2. The van der Waals surface area contributed by atoms with E-state index >= 15 is 0 Å². The minimum atomic E-state index is -1.02. The molecule has 2 amide bonds. The molecule has 2 saturated heterocycles. The molecule has 3 aliphatic rings. The molecule has 2 aliphatic heterocycles. The number of carbonyl (C=O) groups is 2. The van der Waals surface area contributed by atoms with E-state index in [4.69, 9.17) is 4.74 Å². The fourth-order valence-corrected chi connectivity index (χ4v) is 9.54. The first-order chi connectivity index (χ1) is 24.6. The van der Waals surface area contributed by atoms with Crippen molar-refractivity contribution < 1.29 is 19.4 Å². The van der Waals surface area contributed by atoms with Crippen LogP contribution in [0.3, 0.4) is 0 Å². The summed E-state index contributed by atoms with van der Waals surface area (Å²) in [6.07, 6.45) is 8.78.